The lowest BCUT2D eigenvalue weighted by Crippen LogP contribution is -2.20. The van der Waals surface area contributed by atoms with Crippen molar-refractivity contribution in [2.75, 3.05) is 11.9 Å². The summed E-state index contributed by atoms with van der Waals surface area (Å²) < 4.78 is 33.0. The molecular weight excluding hydrogens is 320 g/mol. The number of carbonyl (C=O) groups excluding carboxylic acids is 1. The van der Waals surface area contributed by atoms with Gasteiger partial charge in [0.15, 0.2) is 6.61 Å². The fourth-order valence-electron chi connectivity index (χ4n) is 1.90. The van der Waals surface area contributed by atoms with Gasteiger partial charge in [0, 0.05) is 6.07 Å². The first-order valence-electron chi connectivity index (χ1n) is 6.83. The summed E-state index contributed by atoms with van der Waals surface area (Å²) in [4.78, 5) is 11.7. The van der Waals surface area contributed by atoms with E-state index in [1.165, 1.54) is 11.0 Å². The molecular formula is C15H11F2N5O2. The van der Waals surface area contributed by atoms with Gasteiger partial charge < -0.3 is 10.1 Å². The van der Waals surface area contributed by atoms with Crippen LogP contribution < -0.4 is 10.1 Å². The fourth-order valence-corrected chi connectivity index (χ4v) is 1.90. The molecule has 0 aliphatic heterocycles. The van der Waals surface area contributed by atoms with E-state index < -0.39 is 17.5 Å². The number of aromatic nitrogens is 4. The predicted octanol–water partition coefficient (Wildman–Crippen LogP) is 1.96. The van der Waals surface area contributed by atoms with Crippen LogP contribution in [-0.4, -0.2) is 32.7 Å². The summed E-state index contributed by atoms with van der Waals surface area (Å²) in [5, 5.41) is 13.1. The van der Waals surface area contributed by atoms with Gasteiger partial charge in [-0.2, -0.15) is 0 Å². The first kappa shape index (κ1) is 15.5. The molecule has 0 fully saturated rings. The molecule has 0 aliphatic rings. The minimum atomic E-state index is -0.853. The summed E-state index contributed by atoms with van der Waals surface area (Å²) in [5.74, 6) is -1.69. The number of nitrogens with one attached hydrogen (secondary N) is 1. The Bertz CT molecular complexity index is 838. The number of carbonyl (C=O) groups is 1. The number of tetrazole rings is 1. The minimum Gasteiger partial charge on any atom is -0.484 e. The van der Waals surface area contributed by atoms with Gasteiger partial charge in [-0.05, 0) is 46.8 Å². The van der Waals surface area contributed by atoms with Crippen LogP contribution in [0.4, 0.5) is 14.5 Å². The van der Waals surface area contributed by atoms with Crippen LogP contribution in [0.15, 0.2) is 48.8 Å². The molecule has 122 valence electrons. The summed E-state index contributed by atoms with van der Waals surface area (Å²) >= 11 is 0. The van der Waals surface area contributed by atoms with Crippen LogP contribution in [0.5, 0.6) is 5.75 Å². The van der Waals surface area contributed by atoms with E-state index in [0.29, 0.717) is 11.8 Å². The van der Waals surface area contributed by atoms with Crippen molar-refractivity contribution < 1.29 is 18.3 Å². The Morgan fingerprint density at radius 3 is 2.62 bits per heavy atom. The number of anilines is 1. The molecule has 0 atom stereocenters. The maximum Gasteiger partial charge on any atom is 0.262 e. The number of nitrogens with zero attached hydrogens (tertiary/aromatic N) is 4. The van der Waals surface area contributed by atoms with Gasteiger partial charge in [-0.25, -0.2) is 13.5 Å². The van der Waals surface area contributed by atoms with Crippen LogP contribution in [-0.2, 0) is 4.79 Å². The molecule has 0 saturated heterocycles. The molecule has 1 amide bonds. The fraction of sp³-hybridized carbons (Fsp3) is 0.0667. The van der Waals surface area contributed by atoms with Gasteiger partial charge in [0.05, 0.1) is 11.4 Å². The second-order valence-electron chi connectivity index (χ2n) is 4.71. The van der Waals surface area contributed by atoms with E-state index in [1.54, 1.807) is 24.3 Å². The zero-order valence-corrected chi connectivity index (χ0v) is 12.2. The van der Waals surface area contributed by atoms with Crippen molar-refractivity contribution in [3.63, 3.8) is 0 Å². The molecule has 1 N–H and O–H groups in total. The molecule has 0 aliphatic carbocycles. The summed E-state index contributed by atoms with van der Waals surface area (Å²) in [7, 11) is 0. The number of hydrogen-bond acceptors (Lipinski definition) is 5. The Labute approximate surface area is 134 Å². The normalized spacial score (nSPS) is 10.4. The second-order valence-corrected chi connectivity index (χ2v) is 4.71. The number of ether oxygens (including phenoxy) is 1. The standard InChI is InChI=1S/C15H11F2N5O2/c16-10-1-6-14(13(17)7-10)19-15(23)8-24-12-4-2-11(3-5-12)22-9-18-20-21-22/h1-7,9H,8H2,(H,19,23). The largest absolute Gasteiger partial charge is 0.484 e. The van der Waals surface area contributed by atoms with Gasteiger partial charge in [0.2, 0.25) is 0 Å². The Hall–Kier alpha value is -3.36. The van der Waals surface area contributed by atoms with E-state index in [9.17, 15) is 13.6 Å². The molecule has 24 heavy (non-hydrogen) atoms. The minimum absolute atomic E-state index is 0.112. The highest BCUT2D eigenvalue weighted by atomic mass is 19.1. The summed E-state index contributed by atoms with van der Waals surface area (Å²) in [5.41, 5.74) is 0.615. The van der Waals surface area contributed by atoms with E-state index in [4.69, 9.17) is 4.74 Å². The zero-order valence-electron chi connectivity index (χ0n) is 12.2. The van der Waals surface area contributed by atoms with E-state index in [1.807, 2.05) is 0 Å². The number of amides is 1. The number of rotatable bonds is 5. The first-order valence-corrected chi connectivity index (χ1v) is 6.83. The molecule has 0 radical (unpaired) electrons. The highest BCUT2D eigenvalue weighted by Crippen LogP contribution is 2.16. The predicted molar refractivity (Wildman–Crippen MR) is 79.6 cm³/mol. The molecule has 0 bridgehead atoms. The molecule has 7 nitrogen and oxygen atoms in total. The van der Waals surface area contributed by atoms with Crippen LogP contribution >= 0.6 is 0 Å². The lowest BCUT2D eigenvalue weighted by atomic mass is 10.3. The third-order valence-corrected chi connectivity index (χ3v) is 3.03. The van der Waals surface area contributed by atoms with E-state index in [2.05, 4.69) is 20.8 Å². The topological polar surface area (TPSA) is 81.9 Å². The maximum atomic E-state index is 13.4. The quantitative estimate of drug-likeness (QED) is 0.773. The van der Waals surface area contributed by atoms with Crippen molar-refractivity contribution in [3.8, 4) is 11.4 Å². The van der Waals surface area contributed by atoms with E-state index in [-0.39, 0.29) is 12.3 Å². The lowest BCUT2D eigenvalue weighted by molar-refractivity contribution is -0.118. The third kappa shape index (κ3) is 3.69. The number of halogens is 2. The van der Waals surface area contributed by atoms with Crippen LogP contribution in [0.2, 0.25) is 0 Å². The monoisotopic (exact) mass is 331 g/mol. The summed E-state index contributed by atoms with van der Waals surface area (Å²) in [6, 6.07) is 9.59. The Kier molecular flexibility index (Phi) is 4.41. The van der Waals surface area contributed by atoms with Crippen molar-refractivity contribution >= 4 is 11.6 Å². The smallest absolute Gasteiger partial charge is 0.262 e. The molecule has 1 aromatic heterocycles. The van der Waals surface area contributed by atoms with Gasteiger partial charge >= 0.3 is 0 Å². The Balaban J connectivity index is 1.56. The molecule has 1 heterocycles. The van der Waals surface area contributed by atoms with E-state index in [0.717, 1.165) is 17.8 Å². The first-order chi connectivity index (χ1) is 11.6. The lowest BCUT2D eigenvalue weighted by Gasteiger charge is -2.08. The highest BCUT2D eigenvalue weighted by molar-refractivity contribution is 5.91. The van der Waals surface area contributed by atoms with Gasteiger partial charge in [0.1, 0.15) is 23.7 Å². The van der Waals surface area contributed by atoms with E-state index >= 15 is 0 Å². The zero-order chi connectivity index (χ0) is 16.9. The molecule has 3 rings (SSSR count). The molecule has 0 unspecified atom stereocenters. The maximum absolute atomic E-state index is 13.4. The highest BCUT2D eigenvalue weighted by Gasteiger charge is 2.09. The van der Waals surface area contributed by atoms with Crippen molar-refractivity contribution in [2.45, 2.75) is 0 Å². The molecule has 9 heteroatoms. The molecule has 2 aromatic carbocycles. The average Bonchev–Trinajstić information content (AvgIpc) is 3.11. The van der Waals surface area contributed by atoms with Gasteiger partial charge in [-0.15, -0.1) is 5.10 Å². The van der Waals surface area contributed by atoms with Crippen LogP contribution in [0.25, 0.3) is 5.69 Å². The van der Waals surface area contributed by atoms with Crippen LogP contribution in [0, 0.1) is 11.6 Å². The number of hydrogen-bond donors (Lipinski definition) is 1. The number of benzene rings is 2. The van der Waals surface area contributed by atoms with Gasteiger partial charge in [-0.3, -0.25) is 4.79 Å². The van der Waals surface area contributed by atoms with Crippen molar-refractivity contribution in [1.29, 1.82) is 0 Å². The SMILES string of the molecule is O=C(COc1ccc(-n2cnnn2)cc1)Nc1ccc(F)cc1F. The van der Waals surface area contributed by atoms with Gasteiger partial charge in [0.25, 0.3) is 5.91 Å². The Morgan fingerprint density at radius 2 is 1.96 bits per heavy atom. The molecule has 3 aromatic rings. The summed E-state index contributed by atoms with van der Waals surface area (Å²) in [6.45, 7) is -0.318. The molecule has 0 saturated carbocycles. The average molecular weight is 331 g/mol. The third-order valence-electron chi connectivity index (χ3n) is 3.03. The van der Waals surface area contributed by atoms with Gasteiger partial charge in [-0.1, -0.05) is 0 Å². The Morgan fingerprint density at radius 1 is 1.17 bits per heavy atom. The molecule has 0 spiro atoms. The van der Waals surface area contributed by atoms with Crippen molar-refractivity contribution in [1.82, 2.24) is 20.2 Å². The van der Waals surface area contributed by atoms with Crippen molar-refractivity contribution in [2.24, 2.45) is 0 Å². The van der Waals surface area contributed by atoms with Crippen molar-refractivity contribution in [3.05, 3.63) is 60.4 Å². The van der Waals surface area contributed by atoms with Crippen LogP contribution in [0.1, 0.15) is 0 Å². The second kappa shape index (κ2) is 6.82. The summed E-state index contributed by atoms with van der Waals surface area (Å²) in [6.07, 6.45) is 1.44. The van der Waals surface area contributed by atoms with Crippen LogP contribution in [0.3, 0.4) is 0 Å².